The van der Waals surface area contributed by atoms with E-state index in [4.69, 9.17) is 9.90 Å². The zero-order valence-corrected chi connectivity index (χ0v) is 37.4. The quantitative estimate of drug-likeness (QED) is 0.0895. The molecule has 362 valence electrons. The molecule has 2 aliphatic rings. The van der Waals surface area contributed by atoms with Gasteiger partial charge in [0.15, 0.2) is 0 Å². The number of aromatic nitrogens is 2. The third kappa shape index (κ3) is 16.5. The van der Waals surface area contributed by atoms with E-state index in [-0.39, 0.29) is 42.9 Å². The van der Waals surface area contributed by atoms with Gasteiger partial charge in [0.2, 0.25) is 35.3 Å². The molecule has 20 nitrogen and oxygen atoms in total. The minimum atomic E-state index is -5.08. The van der Waals surface area contributed by atoms with Crippen LogP contribution >= 0.6 is 0 Å². The first-order valence-electron chi connectivity index (χ1n) is 21.5. The number of likely N-dealkylation sites (N-methyl/N-ethyl adjacent to an activating group) is 1. The van der Waals surface area contributed by atoms with Gasteiger partial charge >= 0.3 is 12.1 Å². The van der Waals surface area contributed by atoms with Crippen LogP contribution in [0, 0.1) is 17.8 Å². The van der Waals surface area contributed by atoms with Gasteiger partial charge in [0.25, 0.3) is 11.8 Å². The Hall–Kier alpha value is -6.52. The molecule has 2 heterocycles. The summed E-state index contributed by atoms with van der Waals surface area (Å²) in [5.41, 5.74) is 0.604. The van der Waals surface area contributed by atoms with Gasteiger partial charge in [-0.2, -0.15) is 13.2 Å². The highest BCUT2D eigenvalue weighted by Crippen LogP contribution is 2.27. The molecule has 23 heteroatoms. The first-order chi connectivity index (χ1) is 31.2. The van der Waals surface area contributed by atoms with E-state index in [1.807, 2.05) is 0 Å². The van der Waals surface area contributed by atoms with Gasteiger partial charge < -0.3 is 47.2 Å². The van der Waals surface area contributed by atoms with Crippen LogP contribution in [0.5, 0.6) is 0 Å². The van der Waals surface area contributed by atoms with Crippen molar-refractivity contribution in [3.63, 3.8) is 0 Å². The molecule has 1 saturated carbocycles. The van der Waals surface area contributed by atoms with Crippen molar-refractivity contribution in [2.75, 3.05) is 33.7 Å². The first-order valence-corrected chi connectivity index (χ1v) is 21.5. The summed E-state index contributed by atoms with van der Waals surface area (Å²) in [5.74, 6) is -9.36. The van der Waals surface area contributed by atoms with Gasteiger partial charge in [-0.1, -0.05) is 76.8 Å². The summed E-state index contributed by atoms with van der Waals surface area (Å²) in [5, 5.41) is 26.4. The molecular formula is C43H59F3N10O10. The number of rotatable bonds is 19. The highest BCUT2D eigenvalue weighted by atomic mass is 19.4. The molecule has 0 spiro atoms. The Bertz CT molecular complexity index is 2000. The molecule has 6 atom stereocenters. The number of ketones is 1. The van der Waals surface area contributed by atoms with Gasteiger partial charge in [0.05, 0.1) is 30.7 Å². The van der Waals surface area contributed by atoms with Gasteiger partial charge in [0.1, 0.15) is 23.8 Å². The van der Waals surface area contributed by atoms with E-state index in [0.717, 1.165) is 32.1 Å². The largest absolute Gasteiger partial charge is 0.490 e. The molecule has 4 rings (SSSR count). The molecule has 0 bridgehead atoms. The lowest BCUT2D eigenvalue weighted by Gasteiger charge is -2.32. The van der Waals surface area contributed by atoms with Crippen LogP contribution in [0.2, 0.25) is 0 Å². The van der Waals surface area contributed by atoms with Gasteiger partial charge in [0, 0.05) is 39.6 Å². The number of carbonyl (C=O) groups excluding carboxylic acids is 8. The number of amides is 7. The normalized spacial score (nSPS) is 17.8. The van der Waals surface area contributed by atoms with E-state index in [2.05, 4.69) is 47.2 Å². The van der Waals surface area contributed by atoms with Crippen LogP contribution in [0.15, 0.2) is 48.9 Å². The Kier molecular flexibility index (Phi) is 21.1. The zero-order chi connectivity index (χ0) is 49.1. The fourth-order valence-electron chi connectivity index (χ4n) is 7.30. The molecule has 1 aromatic heterocycles. The van der Waals surface area contributed by atoms with Crippen molar-refractivity contribution in [2.24, 2.45) is 17.8 Å². The van der Waals surface area contributed by atoms with Crippen molar-refractivity contribution < 1.29 is 61.4 Å². The molecule has 1 aromatic carbocycles. The summed E-state index contributed by atoms with van der Waals surface area (Å²) in [6.45, 7) is 5.13. The van der Waals surface area contributed by atoms with Crippen molar-refractivity contribution in [3.05, 3.63) is 60.2 Å². The number of hydrogen-bond acceptors (Lipinski definition) is 12. The third-order valence-electron chi connectivity index (χ3n) is 10.8. The van der Waals surface area contributed by atoms with Crippen LogP contribution in [0.3, 0.4) is 0 Å². The number of carbonyl (C=O) groups is 9. The average molecular weight is 933 g/mol. The van der Waals surface area contributed by atoms with Crippen LogP contribution in [0.25, 0.3) is 0 Å². The summed E-state index contributed by atoms with van der Waals surface area (Å²) < 4.78 is 31.7. The molecule has 1 aliphatic heterocycles. The SMILES string of the molecule is CCC[C@H](NC(=O)[C@@H]1CNC[C@@H]1NC(=O)[C@@H](NC(=O)[C@@H](NC(=O)c1cnccn1)C1CCCCC1)C(C)C)C(=O)C(=O)NCC(=O)N[C@H](C(=O)N(C)C)c1ccccc1.O=C(O)C(F)(F)F. The van der Waals surface area contributed by atoms with E-state index in [1.165, 1.54) is 23.5 Å². The smallest absolute Gasteiger partial charge is 0.475 e. The Morgan fingerprint density at radius 2 is 1.53 bits per heavy atom. The number of nitrogens with one attached hydrogen (secondary N) is 7. The molecule has 66 heavy (non-hydrogen) atoms. The Labute approximate surface area is 379 Å². The van der Waals surface area contributed by atoms with E-state index in [9.17, 15) is 51.5 Å². The summed E-state index contributed by atoms with van der Waals surface area (Å²) in [6, 6.07) is 3.72. The topological polar surface area (TPSA) is 287 Å². The molecule has 2 aromatic rings. The highest BCUT2D eigenvalue weighted by molar-refractivity contribution is 6.38. The number of carboxylic acids is 1. The Balaban J connectivity index is 0.00000152. The molecule has 1 aliphatic carbocycles. The van der Waals surface area contributed by atoms with Crippen molar-refractivity contribution in [1.82, 2.24) is 52.1 Å². The standard InChI is InChI=1S/C41H58N10O8.C2HF3O2/c1-6-13-28(35(53)40(58)45-23-31(52)48-34(41(59)51(4)5)26-16-11-8-12-17-26)46-36(54)27-20-43-21-29(27)47-38(56)32(24(2)3)49-39(57)33(25-14-9-7-10-15-25)50-37(55)30-22-42-18-19-44-30;3-2(4,5)1(6)7/h8,11-12,16-19,22,24-25,27-29,32-34,43H,6-7,9-10,13-15,20-21,23H2,1-5H3,(H,45,58)(H,46,54)(H,47,56)(H,48,52)(H,49,57)(H,50,55);(H,6,7)/t27-,28+,29+,32+,33+,34+;/m1./s1. The van der Waals surface area contributed by atoms with E-state index >= 15 is 0 Å². The molecular weight excluding hydrogens is 874 g/mol. The molecule has 2 fully saturated rings. The molecule has 7 amide bonds. The number of carboxylic acid groups (broad SMARTS) is 1. The van der Waals surface area contributed by atoms with Crippen molar-refractivity contribution in [2.45, 2.75) is 102 Å². The summed E-state index contributed by atoms with van der Waals surface area (Å²) in [4.78, 5) is 125. The van der Waals surface area contributed by atoms with Crippen molar-refractivity contribution in [3.8, 4) is 0 Å². The van der Waals surface area contributed by atoms with Crippen LogP contribution in [0.1, 0.15) is 87.8 Å². The minimum Gasteiger partial charge on any atom is -0.475 e. The Morgan fingerprint density at radius 1 is 0.879 bits per heavy atom. The maximum atomic E-state index is 13.9. The number of hydrogen-bond donors (Lipinski definition) is 8. The zero-order valence-electron chi connectivity index (χ0n) is 37.4. The van der Waals surface area contributed by atoms with Crippen LogP contribution in [-0.2, 0) is 38.4 Å². The third-order valence-corrected chi connectivity index (χ3v) is 10.8. The monoisotopic (exact) mass is 932 g/mol. The molecule has 0 unspecified atom stereocenters. The van der Waals surface area contributed by atoms with Gasteiger partial charge in [-0.25, -0.2) is 9.78 Å². The van der Waals surface area contributed by atoms with Gasteiger partial charge in [-0.15, -0.1) is 0 Å². The second-order valence-electron chi connectivity index (χ2n) is 16.4. The lowest BCUT2D eigenvalue weighted by Crippen LogP contribution is -2.59. The van der Waals surface area contributed by atoms with E-state index in [1.54, 1.807) is 65.2 Å². The lowest BCUT2D eigenvalue weighted by molar-refractivity contribution is -0.192. The second kappa shape index (κ2) is 25.8. The summed E-state index contributed by atoms with van der Waals surface area (Å²) in [7, 11) is 3.10. The number of benzene rings is 1. The maximum Gasteiger partial charge on any atom is 0.490 e. The maximum absolute atomic E-state index is 13.9. The van der Waals surface area contributed by atoms with Gasteiger partial charge in [-0.05, 0) is 36.7 Å². The van der Waals surface area contributed by atoms with Crippen LogP contribution < -0.4 is 37.2 Å². The molecule has 1 saturated heterocycles. The van der Waals surface area contributed by atoms with Crippen molar-refractivity contribution in [1.29, 1.82) is 0 Å². The van der Waals surface area contributed by atoms with Crippen molar-refractivity contribution >= 4 is 53.1 Å². The average Bonchev–Trinajstić information content (AvgIpc) is 3.76. The second-order valence-corrected chi connectivity index (χ2v) is 16.4. The lowest BCUT2D eigenvalue weighted by atomic mass is 9.83. The number of nitrogens with zero attached hydrogens (tertiary/aromatic N) is 3. The summed E-state index contributed by atoms with van der Waals surface area (Å²) >= 11 is 0. The number of aliphatic carboxylic acids is 1. The fourth-order valence-corrected chi connectivity index (χ4v) is 7.30. The molecule has 8 N–H and O–H groups in total. The number of halogens is 3. The van der Waals surface area contributed by atoms with E-state index in [0.29, 0.717) is 12.0 Å². The minimum absolute atomic E-state index is 0.0651. The number of Topliss-reactive ketones (excluding diaryl/α,β-unsaturated/α-hetero) is 1. The highest BCUT2D eigenvalue weighted by Gasteiger charge is 2.40. The van der Waals surface area contributed by atoms with Crippen LogP contribution in [-0.4, -0.2) is 137 Å². The first kappa shape index (κ1) is 53.8. The van der Waals surface area contributed by atoms with E-state index < -0.39 is 96.0 Å². The van der Waals surface area contributed by atoms with Crippen LogP contribution in [0.4, 0.5) is 13.2 Å². The number of alkyl halides is 3. The van der Waals surface area contributed by atoms with Gasteiger partial charge in [-0.3, -0.25) is 43.3 Å². The summed E-state index contributed by atoms with van der Waals surface area (Å²) in [6.07, 6.45) is 3.93. The predicted molar refractivity (Wildman–Crippen MR) is 229 cm³/mol. The fraction of sp³-hybridized carbons (Fsp3) is 0.558. The Morgan fingerprint density at radius 3 is 2.09 bits per heavy atom. The predicted octanol–water partition coefficient (Wildman–Crippen LogP) is 0.550. The molecule has 0 radical (unpaired) electrons.